The number of para-hydroxylation sites is 2. The van der Waals surface area contributed by atoms with Crippen molar-refractivity contribution >= 4 is 16.9 Å². The number of aromatic nitrogens is 1. The van der Waals surface area contributed by atoms with Crippen LogP contribution in [-0.4, -0.2) is 10.8 Å². The number of benzene rings is 2. The Bertz CT molecular complexity index is 911. The molecule has 0 spiro atoms. The van der Waals surface area contributed by atoms with Gasteiger partial charge < -0.3 is 4.42 Å². The molecule has 24 heavy (non-hydrogen) atoms. The van der Waals surface area contributed by atoms with Crippen LogP contribution >= 0.6 is 0 Å². The standard InChI is InChI=1S/C18H12F2N2O2/c19-13-5-3-4-11(17(13)20)8-9-15(23)12(10-21)18-22-14-6-1-2-7-16(14)24-18/h1-7,12H,8-9H2. The fraction of sp³-hybridized carbons (Fsp3) is 0.167. The molecule has 4 nitrogen and oxygen atoms in total. The van der Waals surface area contributed by atoms with Crippen molar-refractivity contribution < 1.29 is 18.0 Å². The fourth-order valence-electron chi connectivity index (χ4n) is 2.42. The van der Waals surface area contributed by atoms with Crippen LogP contribution in [0.2, 0.25) is 0 Å². The van der Waals surface area contributed by atoms with E-state index in [0.717, 1.165) is 6.07 Å². The molecule has 0 saturated heterocycles. The Morgan fingerprint density at radius 1 is 1.21 bits per heavy atom. The highest BCUT2D eigenvalue weighted by atomic mass is 19.2. The minimum atomic E-state index is -1.17. The molecular formula is C18H12F2N2O2. The zero-order valence-corrected chi connectivity index (χ0v) is 12.5. The summed E-state index contributed by atoms with van der Waals surface area (Å²) in [4.78, 5) is 16.4. The molecule has 1 unspecified atom stereocenters. The number of nitriles is 1. The van der Waals surface area contributed by atoms with Gasteiger partial charge in [0, 0.05) is 6.42 Å². The summed E-state index contributed by atoms with van der Waals surface area (Å²) in [6.45, 7) is 0. The Balaban J connectivity index is 1.77. The van der Waals surface area contributed by atoms with E-state index in [0.29, 0.717) is 11.1 Å². The van der Waals surface area contributed by atoms with Crippen molar-refractivity contribution in [3.63, 3.8) is 0 Å². The van der Waals surface area contributed by atoms with Gasteiger partial charge in [0.2, 0.25) is 5.89 Å². The smallest absolute Gasteiger partial charge is 0.220 e. The molecule has 1 aromatic heterocycles. The summed E-state index contributed by atoms with van der Waals surface area (Å²) in [5.74, 6) is -3.54. The molecule has 3 rings (SSSR count). The van der Waals surface area contributed by atoms with Crippen LogP contribution in [0.25, 0.3) is 11.1 Å². The van der Waals surface area contributed by atoms with Crippen molar-refractivity contribution in [3.05, 3.63) is 65.6 Å². The van der Waals surface area contributed by atoms with Crippen molar-refractivity contribution in [1.29, 1.82) is 5.26 Å². The number of ketones is 1. The number of aryl methyl sites for hydroxylation is 1. The number of oxazole rings is 1. The van der Waals surface area contributed by atoms with E-state index in [1.165, 1.54) is 12.1 Å². The fourth-order valence-corrected chi connectivity index (χ4v) is 2.42. The Kier molecular flexibility index (Phi) is 4.34. The summed E-state index contributed by atoms with van der Waals surface area (Å²) in [5.41, 5.74) is 1.13. The number of hydrogen-bond donors (Lipinski definition) is 0. The third kappa shape index (κ3) is 3.01. The van der Waals surface area contributed by atoms with E-state index in [1.54, 1.807) is 24.3 Å². The quantitative estimate of drug-likeness (QED) is 0.713. The Morgan fingerprint density at radius 3 is 2.75 bits per heavy atom. The highest BCUT2D eigenvalue weighted by molar-refractivity contribution is 5.88. The Morgan fingerprint density at radius 2 is 2.00 bits per heavy atom. The maximum atomic E-state index is 13.6. The maximum Gasteiger partial charge on any atom is 0.220 e. The molecule has 1 atom stereocenters. The van der Waals surface area contributed by atoms with Crippen LogP contribution < -0.4 is 0 Å². The molecular weight excluding hydrogens is 314 g/mol. The van der Waals surface area contributed by atoms with Crippen LogP contribution in [0.5, 0.6) is 0 Å². The van der Waals surface area contributed by atoms with Crippen LogP contribution in [0.4, 0.5) is 8.78 Å². The van der Waals surface area contributed by atoms with Gasteiger partial charge >= 0.3 is 0 Å². The molecule has 0 amide bonds. The molecule has 1 heterocycles. The second-order valence-electron chi connectivity index (χ2n) is 5.26. The number of hydrogen-bond acceptors (Lipinski definition) is 4. The second kappa shape index (κ2) is 6.59. The topological polar surface area (TPSA) is 66.9 Å². The molecule has 0 aliphatic carbocycles. The molecule has 0 N–H and O–H groups in total. The van der Waals surface area contributed by atoms with E-state index in [2.05, 4.69) is 4.98 Å². The van der Waals surface area contributed by atoms with Crippen LogP contribution in [0.3, 0.4) is 0 Å². The van der Waals surface area contributed by atoms with Gasteiger partial charge in [-0.2, -0.15) is 5.26 Å². The number of fused-ring (bicyclic) bond motifs is 1. The van der Waals surface area contributed by atoms with E-state index in [1.807, 2.05) is 6.07 Å². The van der Waals surface area contributed by atoms with Gasteiger partial charge in [-0.05, 0) is 30.2 Å². The van der Waals surface area contributed by atoms with Gasteiger partial charge in [0.15, 0.2) is 28.9 Å². The predicted molar refractivity (Wildman–Crippen MR) is 82.0 cm³/mol. The van der Waals surface area contributed by atoms with Crippen molar-refractivity contribution in [2.75, 3.05) is 0 Å². The molecule has 2 aromatic carbocycles. The predicted octanol–water partition coefficient (Wildman–Crippen LogP) is 3.92. The molecule has 0 bridgehead atoms. The number of Topliss-reactive ketones (excluding diaryl/α,β-unsaturated/α-hetero) is 1. The Hall–Kier alpha value is -3.07. The first-order chi connectivity index (χ1) is 11.6. The molecule has 6 heteroatoms. The number of halogens is 2. The minimum absolute atomic E-state index is 0.000828. The van der Waals surface area contributed by atoms with Crippen LogP contribution in [0.15, 0.2) is 46.9 Å². The summed E-state index contributed by atoms with van der Waals surface area (Å²) >= 11 is 0. The van der Waals surface area contributed by atoms with Crippen molar-refractivity contribution in [1.82, 2.24) is 4.98 Å². The first kappa shape index (κ1) is 15.8. The zero-order chi connectivity index (χ0) is 17.1. The summed E-state index contributed by atoms with van der Waals surface area (Å²) in [5, 5.41) is 9.27. The average Bonchev–Trinajstić information content (AvgIpc) is 3.00. The lowest BCUT2D eigenvalue weighted by Gasteiger charge is -2.06. The molecule has 0 saturated carbocycles. The van der Waals surface area contributed by atoms with Crippen molar-refractivity contribution in [3.8, 4) is 6.07 Å². The molecule has 0 fully saturated rings. The first-order valence-corrected chi connectivity index (χ1v) is 7.31. The van der Waals surface area contributed by atoms with Gasteiger partial charge in [-0.15, -0.1) is 0 Å². The van der Waals surface area contributed by atoms with Gasteiger partial charge in [-0.25, -0.2) is 13.8 Å². The highest BCUT2D eigenvalue weighted by Crippen LogP contribution is 2.23. The van der Waals surface area contributed by atoms with Crippen LogP contribution in [0.1, 0.15) is 23.8 Å². The van der Waals surface area contributed by atoms with E-state index >= 15 is 0 Å². The van der Waals surface area contributed by atoms with E-state index in [-0.39, 0.29) is 24.3 Å². The highest BCUT2D eigenvalue weighted by Gasteiger charge is 2.25. The Labute approximate surface area is 136 Å². The number of carbonyl (C=O) groups excluding carboxylic acids is 1. The first-order valence-electron chi connectivity index (χ1n) is 7.31. The van der Waals surface area contributed by atoms with Crippen molar-refractivity contribution in [2.45, 2.75) is 18.8 Å². The third-order valence-electron chi connectivity index (χ3n) is 3.68. The SMILES string of the molecule is N#CC(C(=O)CCc1cccc(F)c1F)c1nc2ccccc2o1. The summed E-state index contributed by atoms with van der Waals surface area (Å²) < 4.78 is 32.2. The molecule has 0 radical (unpaired) electrons. The molecule has 0 aliphatic heterocycles. The van der Waals surface area contributed by atoms with Gasteiger partial charge in [0.05, 0.1) is 6.07 Å². The lowest BCUT2D eigenvalue weighted by molar-refractivity contribution is -0.119. The normalized spacial score (nSPS) is 12.0. The summed E-state index contributed by atoms with van der Waals surface area (Å²) in [6, 6.07) is 12.6. The van der Waals surface area contributed by atoms with Crippen molar-refractivity contribution in [2.24, 2.45) is 0 Å². The summed E-state index contributed by atoms with van der Waals surface area (Å²) in [7, 11) is 0. The average molecular weight is 326 g/mol. The monoisotopic (exact) mass is 326 g/mol. The van der Waals surface area contributed by atoms with Gasteiger partial charge in [0.25, 0.3) is 0 Å². The van der Waals surface area contributed by atoms with Crippen LogP contribution in [0, 0.1) is 23.0 Å². The van der Waals surface area contributed by atoms with Gasteiger partial charge in [-0.1, -0.05) is 24.3 Å². The third-order valence-corrected chi connectivity index (χ3v) is 3.68. The maximum absolute atomic E-state index is 13.6. The zero-order valence-electron chi connectivity index (χ0n) is 12.5. The van der Waals surface area contributed by atoms with Crippen LogP contribution in [-0.2, 0) is 11.2 Å². The summed E-state index contributed by atoms with van der Waals surface area (Å²) in [6.07, 6.45) is -0.113. The van der Waals surface area contributed by atoms with E-state index in [4.69, 9.17) is 4.42 Å². The second-order valence-corrected chi connectivity index (χ2v) is 5.26. The van der Waals surface area contributed by atoms with E-state index < -0.39 is 23.3 Å². The number of nitrogens with zero attached hydrogens (tertiary/aromatic N) is 2. The number of carbonyl (C=O) groups is 1. The largest absolute Gasteiger partial charge is 0.439 e. The van der Waals surface area contributed by atoms with E-state index in [9.17, 15) is 18.8 Å². The van der Waals surface area contributed by atoms with Gasteiger partial charge in [-0.3, -0.25) is 4.79 Å². The molecule has 0 aliphatic rings. The molecule has 3 aromatic rings. The number of rotatable bonds is 5. The lowest BCUT2D eigenvalue weighted by atomic mass is 9.98. The minimum Gasteiger partial charge on any atom is -0.439 e. The van der Waals surface area contributed by atoms with Gasteiger partial charge in [0.1, 0.15) is 5.52 Å². The lowest BCUT2D eigenvalue weighted by Crippen LogP contribution is -2.12. The molecule has 120 valence electrons.